The first-order valence-corrected chi connectivity index (χ1v) is 7.76. The van der Waals surface area contributed by atoms with Crippen molar-refractivity contribution in [1.82, 2.24) is 0 Å². The summed E-state index contributed by atoms with van der Waals surface area (Å²) in [6.07, 6.45) is 0. The number of hydrogen-bond acceptors (Lipinski definition) is 8. The Bertz CT molecular complexity index is 1130. The van der Waals surface area contributed by atoms with Gasteiger partial charge < -0.3 is 24.1 Å². The van der Waals surface area contributed by atoms with Gasteiger partial charge in [0, 0.05) is 25.5 Å². The van der Waals surface area contributed by atoms with Crippen LogP contribution in [0, 0.1) is 0 Å². The molecule has 0 saturated heterocycles. The lowest BCUT2D eigenvalue weighted by Gasteiger charge is -2.11. The molecule has 138 valence electrons. The van der Waals surface area contributed by atoms with E-state index in [-0.39, 0.29) is 28.2 Å². The zero-order valence-corrected chi connectivity index (χ0v) is 14.3. The minimum atomic E-state index is -0.636. The number of carbonyl (C=O) groups is 2. The molecule has 0 atom stereocenters. The van der Waals surface area contributed by atoms with Gasteiger partial charge in [-0.1, -0.05) is 0 Å². The highest BCUT2D eigenvalue weighted by Gasteiger charge is 2.16. The monoisotopic (exact) mass is 370 g/mol. The lowest BCUT2D eigenvalue weighted by molar-refractivity contribution is -0.134. The number of fused-ring (bicyclic) bond motifs is 1. The van der Waals surface area contributed by atoms with Crippen LogP contribution in [0.4, 0.5) is 0 Å². The molecule has 1 heterocycles. The largest absolute Gasteiger partial charge is 0.504 e. The van der Waals surface area contributed by atoms with Gasteiger partial charge in [-0.2, -0.15) is 0 Å². The van der Waals surface area contributed by atoms with Gasteiger partial charge in [-0.15, -0.1) is 0 Å². The molecule has 2 N–H and O–H groups in total. The minimum absolute atomic E-state index is 0.0186. The van der Waals surface area contributed by atoms with Crippen LogP contribution in [0.5, 0.6) is 23.0 Å². The molecule has 27 heavy (non-hydrogen) atoms. The SMILES string of the molecule is CC(=O)Oc1ccc(-c2cc(=O)c3ccc(O)c(O)c3o2)cc1OC(C)=O. The summed E-state index contributed by atoms with van der Waals surface area (Å²) in [5, 5.41) is 19.7. The molecule has 0 fully saturated rings. The predicted molar refractivity (Wildman–Crippen MR) is 93.9 cm³/mol. The third-order valence-corrected chi connectivity index (χ3v) is 3.59. The highest BCUT2D eigenvalue weighted by Crippen LogP contribution is 2.37. The van der Waals surface area contributed by atoms with Crippen LogP contribution in [0.3, 0.4) is 0 Å². The Morgan fingerprint density at radius 1 is 0.926 bits per heavy atom. The lowest BCUT2D eigenvalue weighted by Crippen LogP contribution is -2.07. The molecule has 0 spiro atoms. The van der Waals surface area contributed by atoms with E-state index in [1.807, 2.05) is 0 Å². The molecule has 0 amide bonds. The lowest BCUT2D eigenvalue weighted by atomic mass is 10.1. The van der Waals surface area contributed by atoms with E-state index < -0.39 is 28.9 Å². The molecule has 0 aliphatic heterocycles. The average molecular weight is 370 g/mol. The van der Waals surface area contributed by atoms with Gasteiger partial charge in [0.25, 0.3) is 0 Å². The first kappa shape index (κ1) is 18.0. The van der Waals surface area contributed by atoms with Crippen LogP contribution in [0.1, 0.15) is 13.8 Å². The normalized spacial score (nSPS) is 10.6. The first-order chi connectivity index (χ1) is 12.8. The van der Waals surface area contributed by atoms with E-state index in [2.05, 4.69) is 0 Å². The Hall–Kier alpha value is -3.81. The second-order valence-corrected chi connectivity index (χ2v) is 5.63. The van der Waals surface area contributed by atoms with Crippen LogP contribution in [0.25, 0.3) is 22.3 Å². The number of phenols is 2. The van der Waals surface area contributed by atoms with Crippen molar-refractivity contribution in [3.63, 3.8) is 0 Å². The van der Waals surface area contributed by atoms with Crippen molar-refractivity contribution in [3.05, 3.63) is 46.6 Å². The fraction of sp³-hybridized carbons (Fsp3) is 0.105. The van der Waals surface area contributed by atoms with E-state index in [1.165, 1.54) is 50.2 Å². The van der Waals surface area contributed by atoms with Gasteiger partial charge in [-0.25, -0.2) is 0 Å². The Labute approximate surface area is 152 Å². The molecule has 3 aromatic rings. The van der Waals surface area contributed by atoms with E-state index in [1.54, 1.807) is 0 Å². The number of carbonyl (C=O) groups excluding carboxylic acids is 2. The van der Waals surface area contributed by atoms with Crippen LogP contribution in [-0.2, 0) is 9.59 Å². The third-order valence-electron chi connectivity index (χ3n) is 3.59. The van der Waals surface area contributed by atoms with Crippen molar-refractivity contribution in [2.75, 3.05) is 0 Å². The highest BCUT2D eigenvalue weighted by molar-refractivity contribution is 5.86. The predicted octanol–water partition coefficient (Wildman–Crippen LogP) is 2.72. The summed E-state index contributed by atoms with van der Waals surface area (Å²) in [7, 11) is 0. The van der Waals surface area contributed by atoms with E-state index in [0.717, 1.165) is 0 Å². The van der Waals surface area contributed by atoms with Gasteiger partial charge in [0.15, 0.2) is 28.3 Å². The number of esters is 2. The summed E-state index contributed by atoms with van der Waals surface area (Å²) in [5.74, 6) is -2.21. The zero-order valence-electron chi connectivity index (χ0n) is 14.3. The van der Waals surface area contributed by atoms with E-state index in [4.69, 9.17) is 13.9 Å². The quantitative estimate of drug-likeness (QED) is 0.410. The topological polar surface area (TPSA) is 123 Å². The second-order valence-electron chi connectivity index (χ2n) is 5.63. The van der Waals surface area contributed by atoms with Crippen molar-refractivity contribution in [1.29, 1.82) is 0 Å². The van der Waals surface area contributed by atoms with Crippen LogP contribution in [-0.4, -0.2) is 22.2 Å². The molecule has 0 aliphatic rings. The number of hydrogen-bond donors (Lipinski definition) is 2. The summed E-state index contributed by atoms with van der Waals surface area (Å²) in [6, 6.07) is 7.91. The Morgan fingerprint density at radius 3 is 2.26 bits per heavy atom. The molecule has 8 heteroatoms. The van der Waals surface area contributed by atoms with Gasteiger partial charge in [-0.05, 0) is 30.3 Å². The first-order valence-electron chi connectivity index (χ1n) is 7.76. The molecule has 0 radical (unpaired) electrons. The summed E-state index contributed by atoms with van der Waals surface area (Å²) >= 11 is 0. The van der Waals surface area contributed by atoms with Gasteiger partial charge >= 0.3 is 11.9 Å². The van der Waals surface area contributed by atoms with Gasteiger partial charge in [0.1, 0.15) is 5.76 Å². The number of rotatable bonds is 3. The number of ether oxygens (including phenoxy) is 2. The van der Waals surface area contributed by atoms with Crippen molar-refractivity contribution in [2.24, 2.45) is 0 Å². The van der Waals surface area contributed by atoms with Crippen molar-refractivity contribution in [3.8, 4) is 34.3 Å². The van der Waals surface area contributed by atoms with Crippen molar-refractivity contribution < 1.29 is 33.7 Å². The Morgan fingerprint density at radius 2 is 1.59 bits per heavy atom. The molecular formula is C19H14O8. The zero-order chi connectivity index (χ0) is 19.7. The summed E-state index contributed by atoms with van der Waals surface area (Å²) in [5.41, 5.74) is -0.306. The number of benzene rings is 2. The van der Waals surface area contributed by atoms with E-state index in [9.17, 15) is 24.6 Å². The van der Waals surface area contributed by atoms with Gasteiger partial charge in [-0.3, -0.25) is 14.4 Å². The molecule has 0 aliphatic carbocycles. The maximum Gasteiger partial charge on any atom is 0.308 e. The minimum Gasteiger partial charge on any atom is -0.504 e. The molecule has 0 unspecified atom stereocenters. The van der Waals surface area contributed by atoms with Gasteiger partial charge in [0.05, 0.1) is 5.39 Å². The van der Waals surface area contributed by atoms with Crippen LogP contribution in [0.15, 0.2) is 45.6 Å². The van der Waals surface area contributed by atoms with E-state index >= 15 is 0 Å². The molecule has 8 nitrogen and oxygen atoms in total. The fourth-order valence-electron chi connectivity index (χ4n) is 2.47. The maximum absolute atomic E-state index is 12.3. The summed E-state index contributed by atoms with van der Waals surface area (Å²) in [4.78, 5) is 34.8. The Balaban J connectivity index is 2.18. The van der Waals surface area contributed by atoms with Crippen LogP contribution >= 0.6 is 0 Å². The van der Waals surface area contributed by atoms with E-state index in [0.29, 0.717) is 5.56 Å². The van der Waals surface area contributed by atoms with Crippen LogP contribution < -0.4 is 14.9 Å². The fourth-order valence-corrected chi connectivity index (χ4v) is 2.47. The summed E-state index contributed by atoms with van der Waals surface area (Å²) in [6.45, 7) is 2.38. The average Bonchev–Trinajstić information content (AvgIpc) is 2.59. The summed E-state index contributed by atoms with van der Waals surface area (Å²) < 4.78 is 15.6. The standard InChI is InChI=1S/C19H14O8/c1-9(20)25-15-6-3-11(7-17(15)26-10(2)21)16-8-14(23)12-4-5-13(22)18(24)19(12)27-16/h3-8,22,24H,1-2H3. The number of aromatic hydroxyl groups is 2. The number of phenolic OH excluding ortho intramolecular Hbond substituents is 2. The molecular weight excluding hydrogens is 356 g/mol. The third kappa shape index (κ3) is 3.59. The molecule has 3 rings (SSSR count). The smallest absolute Gasteiger partial charge is 0.308 e. The van der Waals surface area contributed by atoms with Crippen molar-refractivity contribution >= 4 is 22.9 Å². The second kappa shape index (κ2) is 6.83. The highest BCUT2D eigenvalue weighted by atomic mass is 16.6. The molecule has 0 saturated carbocycles. The molecule has 2 aromatic carbocycles. The van der Waals surface area contributed by atoms with Gasteiger partial charge in [0.2, 0.25) is 5.75 Å². The molecule has 0 bridgehead atoms. The maximum atomic E-state index is 12.3. The Kier molecular flexibility index (Phi) is 4.55. The molecule has 1 aromatic heterocycles. The van der Waals surface area contributed by atoms with Crippen LogP contribution in [0.2, 0.25) is 0 Å². The van der Waals surface area contributed by atoms with Crippen molar-refractivity contribution in [2.45, 2.75) is 13.8 Å².